The molecule has 2 aromatic heterocycles. The SMILES string of the molecule is COCCSc1ccc(C(C)Nc2ccc3nccnc3n2)cc1. The molecule has 0 spiro atoms. The average molecular weight is 340 g/mol. The summed E-state index contributed by atoms with van der Waals surface area (Å²) in [4.78, 5) is 14.2. The van der Waals surface area contributed by atoms with E-state index in [2.05, 4.69) is 51.5 Å². The first kappa shape index (κ1) is 16.7. The Morgan fingerprint density at radius 3 is 2.67 bits per heavy atom. The predicted molar refractivity (Wildman–Crippen MR) is 98.4 cm³/mol. The molecule has 0 fully saturated rings. The molecule has 124 valence electrons. The molecule has 2 heterocycles. The number of hydrogen-bond acceptors (Lipinski definition) is 6. The van der Waals surface area contributed by atoms with E-state index in [1.165, 1.54) is 10.5 Å². The van der Waals surface area contributed by atoms with E-state index in [-0.39, 0.29) is 6.04 Å². The Balaban J connectivity index is 1.65. The zero-order valence-corrected chi connectivity index (χ0v) is 14.6. The van der Waals surface area contributed by atoms with E-state index in [0.29, 0.717) is 5.65 Å². The van der Waals surface area contributed by atoms with Crippen LogP contribution < -0.4 is 5.32 Å². The summed E-state index contributed by atoms with van der Waals surface area (Å²) in [7, 11) is 1.73. The Kier molecular flexibility index (Phi) is 5.61. The number of ether oxygens (including phenoxy) is 1. The second-order valence-corrected chi connectivity index (χ2v) is 6.54. The molecule has 0 saturated carbocycles. The summed E-state index contributed by atoms with van der Waals surface area (Å²) < 4.78 is 5.08. The third-order valence-electron chi connectivity index (χ3n) is 3.63. The van der Waals surface area contributed by atoms with Gasteiger partial charge in [0.05, 0.1) is 6.61 Å². The number of benzene rings is 1. The number of anilines is 1. The van der Waals surface area contributed by atoms with Crippen molar-refractivity contribution < 1.29 is 4.74 Å². The summed E-state index contributed by atoms with van der Waals surface area (Å²) in [6.45, 7) is 2.89. The van der Waals surface area contributed by atoms with Gasteiger partial charge >= 0.3 is 0 Å². The van der Waals surface area contributed by atoms with Crippen LogP contribution in [0.2, 0.25) is 0 Å². The van der Waals surface area contributed by atoms with Gasteiger partial charge in [-0.15, -0.1) is 11.8 Å². The number of nitrogens with one attached hydrogen (secondary N) is 1. The highest BCUT2D eigenvalue weighted by molar-refractivity contribution is 7.99. The van der Waals surface area contributed by atoms with Crippen LogP contribution in [0.15, 0.2) is 53.7 Å². The smallest absolute Gasteiger partial charge is 0.180 e. The minimum Gasteiger partial charge on any atom is -0.384 e. The molecule has 1 N–H and O–H groups in total. The number of aromatic nitrogens is 3. The number of nitrogens with zero attached hydrogens (tertiary/aromatic N) is 3. The lowest BCUT2D eigenvalue weighted by Crippen LogP contribution is -2.08. The number of pyridine rings is 1. The second-order valence-electron chi connectivity index (χ2n) is 5.37. The van der Waals surface area contributed by atoms with Crippen molar-refractivity contribution in [3.05, 3.63) is 54.4 Å². The fourth-order valence-electron chi connectivity index (χ4n) is 2.34. The van der Waals surface area contributed by atoms with Crippen LogP contribution in [0.4, 0.5) is 5.82 Å². The van der Waals surface area contributed by atoms with E-state index in [1.807, 2.05) is 12.1 Å². The number of thioether (sulfide) groups is 1. The summed E-state index contributed by atoms with van der Waals surface area (Å²) in [5.74, 6) is 1.76. The maximum atomic E-state index is 5.08. The van der Waals surface area contributed by atoms with Crippen LogP contribution in [-0.4, -0.2) is 34.4 Å². The molecule has 5 nitrogen and oxygen atoms in total. The quantitative estimate of drug-likeness (QED) is 0.519. The summed E-state index contributed by atoms with van der Waals surface area (Å²) in [6, 6.07) is 12.6. The minimum atomic E-state index is 0.157. The molecule has 1 atom stereocenters. The third-order valence-corrected chi connectivity index (χ3v) is 4.61. The molecule has 0 bridgehead atoms. The van der Waals surface area contributed by atoms with Gasteiger partial charge in [-0.05, 0) is 36.8 Å². The molecular weight excluding hydrogens is 320 g/mol. The molecule has 0 amide bonds. The third kappa shape index (κ3) is 4.21. The monoisotopic (exact) mass is 340 g/mol. The molecule has 6 heteroatoms. The van der Waals surface area contributed by atoms with Crippen molar-refractivity contribution in [3.63, 3.8) is 0 Å². The van der Waals surface area contributed by atoms with E-state index in [1.54, 1.807) is 31.3 Å². The van der Waals surface area contributed by atoms with Crippen molar-refractivity contribution >= 4 is 28.7 Å². The predicted octanol–water partition coefficient (Wildman–Crippen LogP) is 3.94. The molecule has 1 aromatic carbocycles. The lowest BCUT2D eigenvalue weighted by molar-refractivity contribution is 0.218. The van der Waals surface area contributed by atoms with Crippen LogP contribution in [-0.2, 0) is 4.74 Å². The number of fused-ring (bicyclic) bond motifs is 1. The molecule has 0 aliphatic carbocycles. The first-order valence-electron chi connectivity index (χ1n) is 7.82. The summed E-state index contributed by atoms with van der Waals surface area (Å²) in [5, 5.41) is 3.42. The van der Waals surface area contributed by atoms with Gasteiger partial charge in [0.15, 0.2) is 5.65 Å². The molecule has 3 aromatic rings. The molecule has 0 aliphatic heterocycles. The first-order chi connectivity index (χ1) is 11.8. The van der Waals surface area contributed by atoms with Crippen molar-refractivity contribution in [2.24, 2.45) is 0 Å². The molecule has 1 unspecified atom stereocenters. The normalized spacial score (nSPS) is 12.2. The molecule has 0 saturated heterocycles. The van der Waals surface area contributed by atoms with Gasteiger partial charge in [0.25, 0.3) is 0 Å². The van der Waals surface area contributed by atoms with Crippen molar-refractivity contribution in [1.82, 2.24) is 15.0 Å². The van der Waals surface area contributed by atoms with Crippen molar-refractivity contribution in [1.29, 1.82) is 0 Å². The number of rotatable bonds is 7. The van der Waals surface area contributed by atoms with Crippen LogP contribution in [0.5, 0.6) is 0 Å². The van der Waals surface area contributed by atoms with E-state index >= 15 is 0 Å². The molecule has 24 heavy (non-hydrogen) atoms. The second kappa shape index (κ2) is 8.08. The van der Waals surface area contributed by atoms with Crippen LogP contribution in [0, 0.1) is 0 Å². The first-order valence-corrected chi connectivity index (χ1v) is 8.81. The lowest BCUT2D eigenvalue weighted by atomic mass is 10.1. The van der Waals surface area contributed by atoms with E-state index in [0.717, 1.165) is 23.7 Å². The fourth-order valence-corrected chi connectivity index (χ4v) is 3.15. The van der Waals surface area contributed by atoms with Gasteiger partial charge in [-0.25, -0.2) is 9.97 Å². The molecule has 0 aliphatic rings. The fraction of sp³-hybridized carbons (Fsp3) is 0.278. The van der Waals surface area contributed by atoms with Crippen LogP contribution >= 0.6 is 11.8 Å². The molecule has 0 radical (unpaired) electrons. The largest absolute Gasteiger partial charge is 0.384 e. The zero-order chi connectivity index (χ0) is 16.8. The van der Waals surface area contributed by atoms with Gasteiger partial charge in [-0.3, -0.25) is 4.98 Å². The van der Waals surface area contributed by atoms with Crippen LogP contribution in [0.1, 0.15) is 18.5 Å². The van der Waals surface area contributed by atoms with Gasteiger partial charge in [-0.1, -0.05) is 12.1 Å². The van der Waals surface area contributed by atoms with E-state index in [9.17, 15) is 0 Å². The lowest BCUT2D eigenvalue weighted by Gasteiger charge is -2.15. The van der Waals surface area contributed by atoms with Crippen molar-refractivity contribution in [2.75, 3.05) is 24.8 Å². The Morgan fingerprint density at radius 2 is 1.88 bits per heavy atom. The Labute approximate surface area is 145 Å². The van der Waals surface area contributed by atoms with Crippen LogP contribution in [0.3, 0.4) is 0 Å². The van der Waals surface area contributed by atoms with Gasteiger partial charge in [0.2, 0.25) is 0 Å². The van der Waals surface area contributed by atoms with E-state index in [4.69, 9.17) is 4.74 Å². The van der Waals surface area contributed by atoms with Gasteiger partial charge in [0, 0.05) is 36.2 Å². The molecule has 3 rings (SSSR count). The number of methoxy groups -OCH3 is 1. The highest BCUT2D eigenvalue weighted by Gasteiger charge is 2.07. The van der Waals surface area contributed by atoms with Gasteiger partial charge in [0.1, 0.15) is 11.3 Å². The molecular formula is C18H20N4OS. The number of hydrogen-bond donors (Lipinski definition) is 1. The van der Waals surface area contributed by atoms with Gasteiger partial charge in [-0.2, -0.15) is 0 Å². The van der Waals surface area contributed by atoms with Gasteiger partial charge < -0.3 is 10.1 Å². The summed E-state index contributed by atoms with van der Waals surface area (Å²) >= 11 is 1.80. The maximum Gasteiger partial charge on any atom is 0.180 e. The highest BCUT2D eigenvalue weighted by Crippen LogP contribution is 2.23. The Bertz CT molecular complexity index is 794. The minimum absolute atomic E-state index is 0.157. The topological polar surface area (TPSA) is 59.9 Å². The highest BCUT2D eigenvalue weighted by atomic mass is 32.2. The van der Waals surface area contributed by atoms with Crippen LogP contribution in [0.25, 0.3) is 11.2 Å². The zero-order valence-electron chi connectivity index (χ0n) is 13.8. The van der Waals surface area contributed by atoms with Crippen molar-refractivity contribution in [2.45, 2.75) is 17.9 Å². The maximum absolute atomic E-state index is 5.08. The average Bonchev–Trinajstić information content (AvgIpc) is 2.62. The Hall–Kier alpha value is -2.18. The van der Waals surface area contributed by atoms with Crippen molar-refractivity contribution in [3.8, 4) is 0 Å². The Morgan fingerprint density at radius 1 is 1.08 bits per heavy atom. The summed E-state index contributed by atoms with van der Waals surface area (Å²) in [5.41, 5.74) is 2.67. The van der Waals surface area contributed by atoms with E-state index < -0.39 is 0 Å². The standard InChI is InChI=1S/C18H20N4OS/c1-13(14-3-5-15(6-4-14)24-12-11-23-2)21-17-8-7-16-18(22-17)20-10-9-19-16/h3-10,13H,11-12H2,1-2H3,(H,20,21,22). The summed E-state index contributed by atoms with van der Waals surface area (Å²) in [6.07, 6.45) is 3.33.